The highest BCUT2D eigenvalue weighted by atomic mass is 16.5. The summed E-state index contributed by atoms with van der Waals surface area (Å²) in [6, 6.07) is 19.4. The Morgan fingerprint density at radius 2 is 0.848 bits per heavy atom. The van der Waals surface area contributed by atoms with Crippen LogP contribution in [0, 0.1) is 17.8 Å². The molecule has 0 bridgehead atoms. The molecule has 2 aromatic carbocycles. The Kier molecular flexibility index (Phi) is 24.1. The third kappa shape index (κ3) is 18.0. The number of esters is 5. The van der Waals surface area contributed by atoms with Crippen molar-refractivity contribution in [3.05, 3.63) is 125 Å². The number of oxazole rings is 3. The van der Waals surface area contributed by atoms with Gasteiger partial charge in [0.15, 0.2) is 17.7 Å². The number of benzene rings is 2. The summed E-state index contributed by atoms with van der Waals surface area (Å²) >= 11 is 0. The van der Waals surface area contributed by atoms with Crippen LogP contribution in [0.25, 0.3) is 0 Å². The van der Waals surface area contributed by atoms with E-state index in [9.17, 15) is 28.8 Å². The minimum atomic E-state index is -0.851. The number of aromatic nitrogens is 3. The van der Waals surface area contributed by atoms with Gasteiger partial charge in [0.1, 0.15) is 42.8 Å². The molecule has 18 nitrogen and oxygen atoms in total. The predicted molar refractivity (Wildman–Crippen MR) is 290 cm³/mol. The zero-order chi connectivity index (χ0) is 56.2. The van der Waals surface area contributed by atoms with Crippen molar-refractivity contribution >= 4 is 35.8 Å². The standard InChI is InChI=1S/C23H29NO5.C21H25NO5.C16H23NO5.CH4/c1-4-27-22(26)23(2,3)19-15-28-20(24-19)17-10-12-18(13-11-17)21(25)29-14-16-8-6-5-7-9-16;1-2-25-19(23)12-18-14-26-20(22-18)16-8-10-17(11-9-16)21(24)27-13-15-6-4-3-5-7-15;1-4-21-15(20)16(2,3)12-9-22-13(17-12)10-5-7-11(8-6-10)14(18)19;/h5-9,15,17-18H,4,10-14H2,1-3H3;3-7,14,16-17H,2,8-13H2,1H3;9-11H,4-8H2,1-3H3,(H,18,19);1H4. The van der Waals surface area contributed by atoms with Gasteiger partial charge in [0.25, 0.3) is 0 Å². The maximum atomic E-state index is 12.4. The van der Waals surface area contributed by atoms with E-state index in [1.165, 1.54) is 12.5 Å². The fraction of sp³-hybridized carbons (Fsp3) is 0.557. The Balaban J connectivity index is 0.000000219. The Labute approximate surface area is 464 Å². The minimum absolute atomic E-state index is 0. The molecule has 0 atom stereocenters. The molecule has 3 saturated carbocycles. The molecule has 0 unspecified atom stereocenters. The summed E-state index contributed by atoms with van der Waals surface area (Å²) in [6.07, 6.45) is 13.7. The molecule has 8 rings (SSSR count). The topological polar surface area (TPSA) is 247 Å². The van der Waals surface area contributed by atoms with Crippen LogP contribution in [0.1, 0.15) is 197 Å². The van der Waals surface area contributed by atoms with Gasteiger partial charge in [-0.1, -0.05) is 68.1 Å². The molecule has 5 aromatic rings. The Morgan fingerprint density at radius 3 is 1.22 bits per heavy atom. The first kappa shape index (κ1) is 62.7. The van der Waals surface area contributed by atoms with E-state index >= 15 is 0 Å². The largest absolute Gasteiger partial charge is 0.481 e. The van der Waals surface area contributed by atoms with Gasteiger partial charge in [-0.3, -0.25) is 28.8 Å². The lowest BCUT2D eigenvalue weighted by atomic mass is 9.82. The molecule has 0 amide bonds. The van der Waals surface area contributed by atoms with E-state index in [0.717, 1.165) is 75.3 Å². The molecule has 79 heavy (non-hydrogen) atoms. The number of carboxylic acids is 1. The Hall–Kier alpha value is -7.11. The number of hydrogen-bond donors (Lipinski definition) is 1. The second kappa shape index (κ2) is 30.3. The van der Waals surface area contributed by atoms with E-state index in [2.05, 4.69) is 15.0 Å². The van der Waals surface area contributed by atoms with E-state index in [4.69, 9.17) is 42.0 Å². The van der Waals surface area contributed by atoms with Crippen molar-refractivity contribution in [3.63, 3.8) is 0 Å². The number of nitrogens with zero attached hydrogens (tertiary/aromatic N) is 3. The molecule has 0 saturated heterocycles. The molecule has 0 radical (unpaired) electrons. The van der Waals surface area contributed by atoms with Gasteiger partial charge in [-0.05, 0) is 137 Å². The number of carbonyl (C=O) groups is 6. The second-order valence-electron chi connectivity index (χ2n) is 21.2. The molecule has 3 aromatic heterocycles. The highest BCUT2D eigenvalue weighted by molar-refractivity contribution is 5.82. The van der Waals surface area contributed by atoms with Crippen molar-refractivity contribution in [1.29, 1.82) is 0 Å². The third-order valence-corrected chi connectivity index (χ3v) is 14.8. The normalized spacial score (nSPS) is 20.0. The predicted octanol–water partition coefficient (Wildman–Crippen LogP) is 11.8. The van der Waals surface area contributed by atoms with Crippen LogP contribution in [0.4, 0.5) is 0 Å². The highest BCUT2D eigenvalue weighted by Gasteiger charge is 2.39. The molecule has 18 heteroatoms. The smallest absolute Gasteiger partial charge is 0.317 e. The van der Waals surface area contributed by atoms with Crippen LogP contribution in [0.15, 0.2) is 92.7 Å². The SMILES string of the molecule is C.CCOC(=O)C(C)(C)c1coc(C2CCC(C(=O)O)CC2)n1.CCOC(=O)C(C)(C)c1coc(C2CCC(C(=O)OCc3ccccc3)CC2)n1.CCOC(=O)Cc1coc(C2CCC(C(=O)OCc3ccccc3)CC2)n1. The summed E-state index contributed by atoms with van der Waals surface area (Å²) in [6.45, 7) is 14.0. The van der Waals surface area contributed by atoms with Crippen molar-refractivity contribution in [1.82, 2.24) is 15.0 Å². The zero-order valence-corrected chi connectivity index (χ0v) is 46.2. The minimum Gasteiger partial charge on any atom is -0.481 e. The first-order chi connectivity index (χ1) is 37.4. The van der Waals surface area contributed by atoms with Crippen molar-refractivity contribution in [2.75, 3.05) is 19.8 Å². The van der Waals surface area contributed by atoms with E-state index in [1.807, 2.05) is 60.7 Å². The van der Waals surface area contributed by atoms with Crippen LogP contribution in [-0.4, -0.2) is 75.7 Å². The molecular formula is C61H81N3O15. The summed E-state index contributed by atoms with van der Waals surface area (Å²) in [4.78, 5) is 84.8. The molecule has 430 valence electrons. The molecule has 1 N–H and O–H groups in total. The first-order valence-corrected chi connectivity index (χ1v) is 27.4. The van der Waals surface area contributed by atoms with Crippen LogP contribution in [0.3, 0.4) is 0 Å². The molecule has 3 aliphatic rings. The third-order valence-electron chi connectivity index (χ3n) is 14.8. The van der Waals surface area contributed by atoms with Crippen molar-refractivity contribution in [3.8, 4) is 0 Å². The van der Waals surface area contributed by atoms with Gasteiger partial charge in [0, 0.05) is 17.8 Å². The van der Waals surface area contributed by atoms with Crippen LogP contribution >= 0.6 is 0 Å². The Bertz CT molecular complexity index is 2680. The number of aliphatic carboxylic acids is 1. The lowest BCUT2D eigenvalue weighted by Gasteiger charge is -2.25. The lowest BCUT2D eigenvalue weighted by Crippen LogP contribution is -2.31. The number of carbonyl (C=O) groups excluding carboxylic acids is 5. The number of ether oxygens (including phenoxy) is 5. The van der Waals surface area contributed by atoms with Gasteiger partial charge in [-0.15, -0.1) is 0 Å². The number of carboxylic acid groups (broad SMARTS) is 1. The molecule has 0 spiro atoms. The number of hydrogen-bond acceptors (Lipinski definition) is 17. The average Bonchev–Trinajstić information content (AvgIpc) is 4.31. The van der Waals surface area contributed by atoms with Gasteiger partial charge >= 0.3 is 35.8 Å². The highest BCUT2D eigenvalue weighted by Crippen LogP contribution is 2.39. The van der Waals surface area contributed by atoms with E-state index in [-0.39, 0.29) is 79.2 Å². The monoisotopic (exact) mass is 1100 g/mol. The van der Waals surface area contributed by atoms with Crippen molar-refractivity contribution in [2.24, 2.45) is 17.8 Å². The first-order valence-electron chi connectivity index (χ1n) is 27.4. The summed E-state index contributed by atoms with van der Waals surface area (Å²) < 4.78 is 42.8. The molecule has 0 aliphatic heterocycles. The van der Waals surface area contributed by atoms with Gasteiger partial charge in [-0.2, -0.15) is 0 Å². The summed E-state index contributed by atoms with van der Waals surface area (Å²) in [5, 5.41) is 9.03. The quantitative estimate of drug-likeness (QED) is 0.0596. The van der Waals surface area contributed by atoms with E-state index < -0.39 is 16.8 Å². The van der Waals surface area contributed by atoms with Crippen molar-refractivity contribution in [2.45, 2.75) is 181 Å². The zero-order valence-electron chi connectivity index (χ0n) is 46.2. The van der Waals surface area contributed by atoms with Gasteiger partial charge in [0.2, 0.25) is 0 Å². The van der Waals surface area contributed by atoms with E-state index in [1.54, 1.807) is 54.7 Å². The Morgan fingerprint density at radius 1 is 0.494 bits per heavy atom. The van der Waals surface area contributed by atoms with Crippen LogP contribution < -0.4 is 0 Å². The van der Waals surface area contributed by atoms with E-state index in [0.29, 0.717) is 80.6 Å². The average molecular weight is 1100 g/mol. The van der Waals surface area contributed by atoms with Crippen LogP contribution in [-0.2, 0) is 82.9 Å². The summed E-state index contributed by atoms with van der Waals surface area (Å²) in [5.74, 6) is -0.0275. The maximum absolute atomic E-state index is 12.4. The van der Waals surface area contributed by atoms with Crippen molar-refractivity contribution < 1.29 is 70.8 Å². The van der Waals surface area contributed by atoms with Crippen LogP contribution in [0.2, 0.25) is 0 Å². The summed E-state index contributed by atoms with van der Waals surface area (Å²) in [7, 11) is 0. The fourth-order valence-corrected chi connectivity index (χ4v) is 9.74. The van der Waals surface area contributed by atoms with Gasteiger partial charge in [0.05, 0.1) is 61.1 Å². The molecule has 3 aliphatic carbocycles. The molecular weight excluding hydrogens is 1010 g/mol. The lowest BCUT2D eigenvalue weighted by molar-refractivity contribution is -0.152. The molecule has 3 fully saturated rings. The van der Waals surface area contributed by atoms with Crippen LogP contribution in [0.5, 0.6) is 0 Å². The fourth-order valence-electron chi connectivity index (χ4n) is 9.74. The summed E-state index contributed by atoms with van der Waals surface area (Å²) in [5.41, 5.74) is 2.01. The number of rotatable bonds is 19. The van der Waals surface area contributed by atoms with Gasteiger partial charge in [-0.25, -0.2) is 15.0 Å². The molecule has 3 heterocycles. The second-order valence-corrected chi connectivity index (χ2v) is 21.2. The van der Waals surface area contributed by atoms with Gasteiger partial charge < -0.3 is 42.0 Å². The maximum Gasteiger partial charge on any atom is 0.317 e.